The van der Waals surface area contributed by atoms with Crippen LogP contribution in [-0.2, 0) is 26.3 Å². The van der Waals surface area contributed by atoms with Crippen LogP contribution in [0.1, 0.15) is 64.6 Å². The third kappa shape index (κ3) is 7.77. The summed E-state index contributed by atoms with van der Waals surface area (Å²) in [6, 6.07) is 62.6. The second-order valence-electron chi connectivity index (χ2n) is 15.5. The van der Waals surface area contributed by atoms with E-state index in [1.54, 1.807) is 13.3 Å². The molecule has 1 fully saturated rings. The van der Waals surface area contributed by atoms with Gasteiger partial charge in [-0.1, -0.05) is 182 Å². The van der Waals surface area contributed by atoms with Crippen LogP contribution in [0.4, 0.5) is 0 Å². The zero-order chi connectivity index (χ0) is 40.6. The molecule has 0 bridgehead atoms. The van der Waals surface area contributed by atoms with E-state index in [-0.39, 0.29) is 31.5 Å². The van der Waals surface area contributed by atoms with Crippen molar-refractivity contribution in [1.29, 1.82) is 0 Å². The third-order valence-corrected chi connectivity index (χ3v) is 11.8. The van der Waals surface area contributed by atoms with Gasteiger partial charge in [-0.2, -0.15) is 4.98 Å². The van der Waals surface area contributed by atoms with Crippen LogP contribution < -0.4 is 9.47 Å². The average molecular weight is 783 g/mol. The summed E-state index contributed by atoms with van der Waals surface area (Å²) < 4.78 is 26.5. The molecule has 7 heteroatoms. The van der Waals surface area contributed by atoms with Crippen LogP contribution in [0.5, 0.6) is 11.9 Å². The second-order valence-corrected chi connectivity index (χ2v) is 15.5. The van der Waals surface area contributed by atoms with Crippen molar-refractivity contribution in [2.45, 2.75) is 42.5 Å². The molecule has 0 radical (unpaired) electrons. The first kappa shape index (κ1) is 39.7. The van der Waals surface area contributed by atoms with E-state index in [4.69, 9.17) is 18.9 Å². The number of benzene rings is 6. The van der Waals surface area contributed by atoms with Crippen LogP contribution in [0.15, 0.2) is 188 Å². The van der Waals surface area contributed by atoms with E-state index < -0.39 is 22.2 Å². The van der Waals surface area contributed by atoms with E-state index in [0.29, 0.717) is 18.4 Å². The zero-order valence-corrected chi connectivity index (χ0v) is 33.6. The van der Waals surface area contributed by atoms with Crippen molar-refractivity contribution in [3.8, 4) is 11.9 Å². The van der Waals surface area contributed by atoms with Gasteiger partial charge in [-0.25, -0.2) is 4.98 Å². The van der Waals surface area contributed by atoms with Crippen molar-refractivity contribution in [1.82, 2.24) is 9.97 Å². The van der Waals surface area contributed by atoms with Gasteiger partial charge in [0.05, 0.1) is 38.6 Å². The monoisotopic (exact) mass is 782 g/mol. The molecule has 1 saturated carbocycles. The van der Waals surface area contributed by atoms with Gasteiger partial charge >= 0.3 is 6.01 Å². The molecule has 0 aliphatic heterocycles. The first-order chi connectivity index (χ1) is 28.9. The lowest BCUT2D eigenvalue weighted by atomic mass is 9.66. The lowest BCUT2D eigenvalue weighted by Gasteiger charge is -2.49. The maximum Gasteiger partial charge on any atom is 0.319 e. The number of hydrogen-bond donors (Lipinski definition) is 1. The molecule has 0 spiro atoms. The topological polar surface area (TPSA) is 82.9 Å². The third-order valence-electron chi connectivity index (χ3n) is 11.8. The predicted octanol–water partition coefficient (Wildman–Crippen LogP) is 10.3. The lowest BCUT2D eigenvalue weighted by molar-refractivity contribution is -0.150. The number of nitrogens with zero attached hydrogens (tertiary/aromatic N) is 2. The summed E-state index contributed by atoms with van der Waals surface area (Å²) in [6.45, 7) is 0.476. The normalized spacial score (nSPS) is 16.6. The number of aliphatic hydroxyl groups is 1. The summed E-state index contributed by atoms with van der Waals surface area (Å²) in [4.78, 5) is 8.95. The molecule has 1 atom stereocenters. The van der Waals surface area contributed by atoms with Gasteiger partial charge in [0.1, 0.15) is 11.2 Å². The maximum absolute atomic E-state index is 13.0. The molecule has 298 valence electrons. The van der Waals surface area contributed by atoms with E-state index in [1.165, 1.54) is 7.11 Å². The van der Waals surface area contributed by atoms with Crippen molar-refractivity contribution >= 4 is 0 Å². The van der Waals surface area contributed by atoms with Crippen molar-refractivity contribution in [2.24, 2.45) is 5.41 Å². The minimum atomic E-state index is -1.38. The van der Waals surface area contributed by atoms with Gasteiger partial charge in [0.15, 0.2) is 0 Å². The van der Waals surface area contributed by atoms with Crippen molar-refractivity contribution in [2.75, 3.05) is 27.4 Å². The molecule has 1 N–H and O–H groups in total. The second kappa shape index (κ2) is 17.4. The van der Waals surface area contributed by atoms with Gasteiger partial charge in [-0.05, 0) is 59.1 Å². The fourth-order valence-electron chi connectivity index (χ4n) is 9.05. The Morgan fingerprint density at radius 2 is 0.864 bits per heavy atom. The summed E-state index contributed by atoms with van der Waals surface area (Å²) in [5.74, 6) is 0.274. The Balaban J connectivity index is 1.30. The molecular formula is C52H50N2O5. The van der Waals surface area contributed by atoms with E-state index in [9.17, 15) is 5.11 Å². The van der Waals surface area contributed by atoms with E-state index in [0.717, 1.165) is 39.8 Å². The molecule has 6 aromatic carbocycles. The predicted molar refractivity (Wildman–Crippen MR) is 230 cm³/mol. The standard InChI is InChI=1S/C52H50N2O5/c1-56-47-46(36-53-48(54-47)57-2)50(55)35-21-34-49(37-50,38-58-51(40-22-9-3-10-23-40,41-24-11-4-12-25-41)42-26-13-5-14-27-42)39-59-52(43-28-15-6-16-29-43,44-30-17-7-18-31-44)45-32-19-8-20-33-45/h3-20,22-33,36,55H,21,34-35,37-39H2,1-2H3. The molecule has 1 heterocycles. The molecule has 1 unspecified atom stereocenters. The Kier molecular flexibility index (Phi) is 11.7. The van der Waals surface area contributed by atoms with Gasteiger partial charge in [-0.15, -0.1) is 0 Å². The number of ether oxygens (including phenoxy) is 4. The Hall–Kier alpha value is -6.12. The van der Waals surface area contributed by atoms with Gasteiger partial charge < -0.3 is 24.1 Å². The minimum Gasteiger partial charge on any atom is -0.481 e. The zero-order valence-electron chi connectivity index (χ0n) is 33.6. The number of aromatic nitrogens is 2. The Morgan fingerprint density at radius 1 is 0.508 bits per heavy atom. The van der Waals surface area contributed by atoms with Crippen LogP contribution in [0.2, 0.25) is 0 Å². The first-order valence-electron chi connectivity index (χ1n) is 20.2. The van der Waals surface area contributed by atoms with E-state index >= 15 is 0 Å². The Labute approximate surface area is 347 Å². The van der Waals surface area contributed by atoms with Gasteiger partial charge in [-0.3, -0.25) is 0 Å². The Bertz CT molecular complexity index is 2060. The number of rotatable bonds is 15. The fourth-order valence-corrected chi connectivity index (χ4v) is 9.05. The molecule has 7 nitrogen and oxygen atoms in total. The molecule has 1 aliphatic carbocycles. The molecule has 59 heavy (non-hydrogen) atoms. The highest BCUT2D eigenvalue weighted by molar-refractivity contribution is 5.49. The molecule has 1 aromatic heterocycles. The quantitative estimate of drug-likeness (QED) is 0.104. The largest absolute Gasteiger partial charge is 0.481 e. The average Bonchev–Trinajstić information content (AvgIpc) is 3.31. The molecule has 1 aliphatic rings. The summed E-state index contributed by atoms with van der Waals surface area (Å²) >= 11 is 0. The molecule has 8 rings (SSSR count). The van der Waals surface area contributed by atoms with Crippen LogP contribution >= 0.6 is 0 Å². The minimum absolute atomic E-state index is 0.166. The van der Waals surface area contributed by atoms with Crippen LogP contribution in [0.25, 0.3) is 0 Å². The molecule has 0 amide bonds. The summed E-state index contributed by atoms with van der Waals surface area (Å²) in [5, 5.41) is 13.0. The maximum atomic E-state index is 13.0. The highest BCUT2D eigenvalue weighted by Crippen LogP contribution is 2.52. The van der Waals surface area contributed by atoms with Crippen LogP contribution in [-0.4, -0.2) is 42.5 Å². The SMILES string of the molecule is COc1ncc(C2(O)CCCC(COC(c3ccccc3)(c3ccccc3)c3ccccc3)(COC(c3ccccc3)(c3ccccc3)c3ccccc3)C2)c(OC)n1. The number of methoxy groups -OCH3 is 2. The van der Waals surface area contributed by atoms with Crippen molar-refractivity contribution in [3.05, 3.63) is 227 Å². The van der Waals surface area contributed by atoms with Gasteiger partial charge in [0.2, 0.25) is 5.88 Å². The van der Waals surface area contributed by atoms with Crippen LogP contribution in [0.3, 0.4) is 0 Å². The first-order valence-corrected chi connectivity index (χ1v) is 20.2. The molecule has 0 saturated heterocycles. The highest BCUT2D eigenvalue weighted by atomic mass is 16.5. The smallest absolute Gasteiger partial charge is 0.319 e. The molecule has 7 aromatic rings. The van der Waals surface area contributed by atoms with Gasteiger partial charge in [0, 0.05) is 11.6 Å². The van der Waals surface area contributed by atoms with Crippen molar-refractivity contribution < 1.29 is 24.1 Å². The van der Waals surface area contributed by atoms with Gasteiger partial charge in [0.25, 0.3) is 0 Å². The fraction of sp³-hybridized carbons (Fsp3) is 0.231. The van der Waals surface area contributed by atoms with E-state index in [2.05, 4.69) is 156 Å². The van der Waals surface area contributed by atoms with Crippen molar-refractivity contribution in [3.63, 3.8) is 0 Å². The molecular weight excluding hydrogens is 733 g/mol. The van der Waals surface area contributed by atoms with E-state index in [1.807, 2.05) is 36.4 Å². The lowest BCUT2D eigenvalue weighted by Crippen LogP contribution is -2.49. The number of hydrogen-bond acceptors (Lipinski definition) is 7. The highest BCUT2D eigenvalue weighted by Gasteiger charge is 2.51. The van der Waals surface area contributed by atoms with Crippen LogP contribution in [0, 0.1) is 5.41 Å². The summed E-state index contributed by atoms with van der Waals surface area (Å²) in [5.41, 5.74) is 2.37. The summed E-state index contributed by atoms with van der Waals surface area (Å²) in [7, 11) is 3.07. The summed E-state index contributed by atoms with van der Waals surface area (Å²) in [6.07, 6.45) is 3.80. The Morgan fingerprint density at radius 3 is 1.19 bits per heavy atom.